The molecule has 0 bridgehead atoms. The molecule has 0 aromatic heterocycles. The summed E-state index contributed by atoms with van der Waals surface area (Å²) in [4.78, 5) is 32.3. The summed E-state index contributed by atoms with van der Waals surface area (Å²) in [7, 11) is -3.33. The van der Waals surface area contributed by atoms with Crippen LogP contribution >= 0.6 is 0 Å². The van der Waals surface area contributed by atoms with E-state index < -0.39 is 45.5 Å². The second kappa shape index (κ2) is 3.86. The lowest BCUT2D eigenvalue weighted by Gasteiger charge is -2.18. The lowest BCUT2D eigenvalue weighted by molar-refractivity contribution is -0.164. The van der Waals surface area contributed by atoms with Gasteiger partial charge in [0.2, 0.25) is 0 Å². The first kappa shape index (κ1) is 11.5. The van der Waals surface area contributed by atoms with Crippen molar-refractivity contribution in [3.63, 3.8) is 0 Å². The van der Waals surface area contributed by atoms with Gasteiger partial charge < -0.3 is 19.1 Å². The van der Waals surface area contributed by atoms with Crippen molar-refractivity contribution >= 4 is 27.1 Å². The Morgan fingerprint density at radius 2 is 2.07 bits per heavy atom. The highest BCUT2D eigenvalue weighted by molar-refractivity contribution is 6.34. The van der Waals surface area contributed by atoms with E-state index in [1.807, 2.05) is 0 Å². The highest BCUT2D eigenvalue weighted by Crippen LogP contribution is 2.21. The van der Waals surface area contributed by atoms with Gasteiger partial charge in [0.25, 0.3) is 0 Å². The van der Waals surface area contributed by atoms with Crippen LogP contribution in [0, 0.1) is 0 Å². The van der Waals surface area contributed by atoms with Gasteiger partial charge in [-0.15, -0.1) is 0 Å². The SMILES string of the molecule is O=C(O)CC1(O)CC(=O)O[Si](=O)OC1=O. The van der Waals surface area contributed by atoms with Crippen molar-refractivity contribution in [2.24, 2.45) is 0 Å². The predicted octanol–water partition coefficient (Wildman–Crippen LogP) is -1.90. The van der Waals surface area contributed by atoms with Crippen LogP contribution in [0.4, 0.5) is 0 Å². The Kier molecular flexibility index (Phi) is 2.95. The van der Waals surface area contributed by atoms with Crippen LogP contribution in [0.5, 0.6) is 0 Å². The largest absolute Gasteiger partial charge is 0.782 e. The van der Waals surface area contributed by atoms with Crippen LogP contribution in [0.2, 0.25) is 0 Å². The fraction of sp³-hybridized carbons (Fsp3) is 0.500. The second-order valence-electron chi connectivity index (χ2n) is 2.89. The summed E-state index contributed by atoms with van der Waals surface area (Å²) in [5, 5.41) is 17.9. The first-order valence-corrected chi connectivity index (χ1v) is 4.97. The Morgan fingerprint density at radius 1 is 1.47 bits per heavy atom. The molecule has 0 radical (unpaired) electrons. The molecule has 0 saturated carbocycles. The monoisotopic (exact) mass is 234 g/mol. The third kappa shape index (κ3) is 2.67. The van der Waals surface area contributed by atoms with Gasteiger partial charge in [0, 0.05) is 0 Å². The molecule has 9 heteroatoms. The van der Waals surface area contributed by atoms with Gasteiger partial charge in [-0.3, -0.25) is 14.1 Å². The summed E-state index contributed by atoms with van der Waals surface area (Å²) in [6, 6.07) is 0. The van der Waals surface area contributed by atoms with Gasteiger partial charge in [0.15, 0.2) is 5.60 Å². The van der Waals surface area contributed by atoms with E-state index in [0.717, 1.165) is 0 Å². The molecular weight excluding hydrogens is 228 g/mol. The van der Waals surface area contributed by atoms with Crippen LogP contribution in [0.1, 0.15) is 12.8 Å². The highest BCUT2D eigenvalue weighted by Gasteiger charge is 2.47. The molecule has 1 heterocycles. The Balaban J connectivity index is 2.94. The van der Waals surface area contributed by atoms with Crippen LogP contribution in [-0.4, -0.2) is 42.9 Å². The molecule has 0 aromatic carbocycles. The van der Waals surface area contributed by atoms with Gasteiger partial charge in [-0.1, -0.05) is 0 Å². The average Bonchev–Trinajstić information content (AvgIpc) is 2.07. The fourth-order valence-corrected chi connectivity index (χ4v) is 1.66. The minimum absolute atomic E-state index is 0.894. The molecule has 1 aliphatic heterocycles. The lowest BCUT2D eigenvalue weighted by atomic mass is 9.96. The Labute approximate surface area is 84.3 Å². The number of hydrogen-bond acceptors (Lipinski definition) is 7. The molecule has 0 aromatic rings. The lowest BCUT2D eigenvalue weighted by Crippen LogP contribution is -2.42. The molecule has 1 rings (SSSR count). The van der Waals surface area contributed by atoms with Crippen LogP contribution < -0.4 is 0 Å². The fourth-order valence-electron chi connectivity index (χ4n) is 1.02. The molecule has 1 fully saturated rings. The predicted molar refractivity (Wildman–Crippen MR) is 40.4 cm³/mol. The molecule has 0 aliphatic carbocycles. The van der Waals surface area contributed by atoms with E-state index in [2.05, 4.69) is 8.85 Å². The number of carbonyl (C=O) groups is 3. The average molecular weight is 234 g/mol. The minimum Gasteiger partial charge on any atom is -0.481 e. The van der Waals surface area contributed by atoms with Crippen molar-refractivity contribution in [2.75, 3.05) is 0 Å². The summed E-state index contributed by atoms with van der Waals surface area (Å²) < 4.78 is 18.8. The maximum Gasteiger partial charge on any atom is 0.782 e. The van der Waals surface area contributed by atoms with E-state index >= 15 is 0 Å². The first-order chi connectivity index (χ1) is 6.83. The van der Waals surface area contributed by atoms with Crippen molar-refractivity contribution in [2.45, 2.75) is 18.4 Å². The summed E-state index contributed by atoms with van der Waals surface area (Å²) in [6.07, 6.45) is -1.91. The number of aliphatic carboxylic acids is 1. The van der Waals surface area contributed by atoms with Crippen molar-refractivity contribution < 1.29 is 37.9 Å². The zero-order valence-electron chi connectivity index (χ0n) is 7.26. The van der Waals surface area contributed by atoms with Gasteiger partial charge in [0.05, 0.1) is 12.8 Å². The Bertz CT molecular complexity index is 349. The van der Waals surface area contributed by atoms with Crippen LogP contribution in [-0.2, 0) is 27.7 Å². The molecule has 82 valence electrons. The molecule has 1 atom stereocenters. The molecule has 2 N–H and O–H groups in total. The van der Waals surface area contributed by atoms with Gasteiger partial charge >= 0.3 is 27.1 Å². The van der Waals surface area contributed by atoms with Crippen molar-refractivity contribution in [3.8, 4) is 0 Å². The molecule has 0 amide bonds. The van der Waals surface area contributed by atoms with E-state index in [4.69, 9.17) is 5.11 Å². The van der Waals surface area contributed by atoms with E-state index in [9.17, 15) is 24.0 Å². The van der Waals surface area contributed by atoms with Gasteiger partial charge in [-0.05, 0) is 0 Å². The molecular formula is C6H6O8Si. The van der Waals surface area contributed by atoms with Crippen LogP contribution in [0.3, 0.4) is 0 Å². The molecule has 15 heavy (non-hydrogen) atoms. The minimum atomic E-state index is -3.33. The maximum atomic E-state index is 11.1. The summed E-state index contributed by atoms with van der Waals surface area (Å²) in [5.41, 5.74) is -2.51. The quantitative estimate of drug-likeness (QED) is 0.530. The number of carboxylic acids is 1. The number of hydrogen-bond donors (Lipinski definition) is 2. The van der Waals surface area contributed by atoms with Crippen molar-refractivity contribution in [1.29, 1.82) is 0 Å². The van der Waals surface area contributed by atoms with Crippen molar-refractivity contribution in [3.05, 3.63) is 0 Å². The van der Waals surface area contributed by atoms with E-state index in [0.29, 0.717) is 0 Å². The Hall–Kier alpha value is -1.61. The third-order valence-corrected chi connectivity index (χ3v) is 2.38. The number of aliphatic hydroxyl groups is 1. The van der Waals surface area contributed by atoms with Crippen LogP contribution in [0.25, 0.3) is 0 Å². The summed E-state index contributed by atoms with van der Waals surface area (Å²) in [5.74, 6) is -4.07. The second-order valence-corrected chi connectivity index (χ2v) is 3.80. The molecule has 1 aliphatic rings. The van der Waals surface area contributed by atoms with Gasteiger partial charge in [-0.2, -0.15) is 0 Å². The van der Waals surface area contributed by atoms with Gasteiger partial charge in [0.1, 0.15) is 0 Å². The van der Waals surface area contributed by atoms with E-state index in [1.54, 1.807) is 0 Å². The van der Waals surface area contributed by atoms with E-state index in [-0.39, 0.29) is 0 Å². The zero-order valence-corrected chi connectivity index (χ0v) is 8.26. The van der Waals surface area contributed by atoms with Gasteiger partial charge in [-0.25, -0.2) is 4.79 Å². The molecule has 8 nitrogen and oxygen atoms in total. The first-order valence-electron chi connectivity index (χ1n) is 3.74. The van der Waals surface area contributed by atoms with Crippen LogP contribution in [0.15, 0.2) is 0 Å². The molecule has 1 saturated heterocycles. The number of carboxylic acid groups (broad SMARTS) is 1. The third-order valence-electron chi connectivity index (χ3n) is 1.63. The highest BCUT2D eigenvalue weighted by atomic mass is 28.3. The molecule has 0 spiro atoms. The van der Waals surface area contributed by atoms with Crippen molar-refractivity contribution in [1.82, 2.24) is 0 Å². The number of carbonyl (C=O) groups excluding carboxylic acids is 2. The summed E-state index contributed by atoms with van der Waals surface area (Å²) >= 11 is 0. The molecule has 1 unspecified atom stereocenters. The standard InChI is InChI=1S/C6H6O8Si/c7-3(8)1-6(11)2-4(9)13-15(12)14-5(6)10/h11H,1-2H2,(H,7,8). The summed E-state index contributed by atoms with van der Waals surface area (Å²) in [6.45, 7) is 0. The zero-order chi connectivity index (χ0) is 11.6. The topological polar surface area (TPSA) is 127 Å². The number of rotatable bonds is 2. The normalized spacial score (nSPS) is 26.6. The maximum absolute atomic E-state index is 11.1. The Morgan fingerprint density at radius 3 is 2.60 bits per heavy atom. The smallest absolute Gasteiger partial charge is 0.481 e. The van der Waals surface area contributed by atoms with E-state index in [1.165, 1.54) is 0 Å².